The van der Waals surface area contributed by atoms with Crippen LogP contribution in [0, 0.1) is 18.3 Å². The molecule has 1 amide bonds. The maximum absolute atomic E-state index is 12.6. The second-order valence-corrected chi connectivity index (χ2v) is 6.91. The summed E-state index contributed by atoms with van der Waals surface area (Å²) in [4.78, 5) is 25.1. The zero-order valence-corrected chi connectivity index (χ0v) is 13.7. The van der Waals surface area contributed by atoms with Crippen molar-refractivity contribution in [2.45, 2.75) is 39.9 Å². The van der Waals surface area contributed by atoms with E-state index in [2.05, 4.69) is 5.10 Å². The minimum atomic E-state index is -4.42. The number of alkyl halides is 3. The maximum atomic E-state index is 12.6. The van der Waals surface area contributed by atoms with Crippen LogP contribution in [0.3, 0.4) is 0 Å². The number of aromatic nitrogens is 2. The summed E-state index contributed by atoms with van der Waals surface area (Å²) in [5.41, 5.74) is -0.0287. The van der Waals surface area contributed by atoms with E-state index in [1.165, 1.54) is 11.8 Å². The lowest BCUT2D eigenvalue weighted by atomic mass is 9.80. The standard InChI is InChI=1S/C15H20F3N3O3/c1-9-11(6-21(19-9)8-15(16,17)18)13(24)20-5-10(4-12(22)23)14(2,3)7-20/h6,10H,4-5,7-8H2,1-3H3,(H,22,23). The van der Waals surface area contributed by atoms with E-state index in [0.717, 1.165) is 6.20 Å². The van der Waals surface area contributed by atoms with Crippen molar-refractivity contribution in [1.29, 1.82) is 0 Å². The van der Waals surface area contributed by atoms with Crippen molar-refractivity contribution < 1.29 is 27.9 Å². The number of carboxylic acid groups (broad SMARTS) is 1. The number of carboxylic acids is 1. The van der Waals surface area contributed by atoms with Crippen LogP contribution in [0.25, 0.3) is 0 Å². The number of carbonyl (C=O) groups is 2. The Balaban J connectivity index is 2.16. The van der Waals surface area contributed by atoms with E-state index < -0.39 is 24.6 Å². The van der Waals surface area contributed by atoms with Gasteiger partial charge in [-0.25, -0.2) is 0 Å². The minimum absolute atomic E-state index is 0.0525. The number of aliphatic carboxylic acids is 1. The predicted molar refractivity (Wildman–Crippen MR) is 78.4 cm³/mol. The molecule has 0 saturated carbocycles. The summed E-state index contributed by atoms with van der Waals surface area (Å²) in [6.45, 7) is 4.61. The number of amides is 1. The number of likely N-dealkylation sites (tertiary alicyclic amines) is 1. The fraction of sp³-hybridized carbons (Fsp3) is 0.667. The molecule has 1 aromatic heterocycles. The molecule has 1 aromatic rings. The molecule has 0 bridgehead atoms. The van der Waals surface area contributed by atoms with Crippen LogP contribution in [0.5, 0.6) is 0 Å². The molecule has 1 unspecified atom stereocenters. The number of carbonyl (C=O) groups excluding carboxylic acids is 1. The maximum Gasteiger partial charge on any atom is 0.408 e. The van der Waals surface area contributed by atoms with Crippen molar-refractivity contribution in [3.05, 3.63) is 17.5 Å². The van der Waals surface area contributed by atoms with Gasteiger partial charge in [-0.2, -0.15) is 18.3 Å². The monoisotopic (exact) mass is 347 g/mol. The second kappa shape index (κ2) is 6.10. The van der Waals surface area contributed by atoms with Crippen LogP contribution >= 0.6 is 0 Å². The third-order valence-electron chi connectivity index (χ3n) is 4.37. The van der Waals surface area contributed by atoms with Gasteiger partial charge in [0.25, 0.3) is 5.91 Å². The fourth-order valence-corrected chi connectivity index (χ4v) is 3.07. The molecule has 9 heteroatoms. The summed E-state index contributed by atoms with van der Waals surface area (Å²) >= 11 is 0. The number of hydrogen-bond acceptors (Lipinski definition) is 3. The Morgan fingerprint density at radius 3 is 2.58 bits per heavy atom. The van der Waals surface area contributed by atoms with Gasteiger partial charge in [0.05, 0.1) is 17.7 Å². The molecule has 1 N–H and O–H groups in total. The zero-order valence-electron chi connectivity index (χ0n) is 13.7. The SMILES string of the molecule is Cc1nn(CC(F)(F)F)cc1C(=O)N1CC(CC(=O)O)C(C)(C)C1. The van der Waals surface area contributed by atoms with Gasteiger partial charge in [0.15, 0.2) is 0 Å². The molecule has 1 aliphatic rings. The highest BCUT2D eigenvalue weighted by Gasteiger charge is 2.42. The molecule has 0 radical (unpaired) electrons. The summed E-state index contributed by atoms with van der Waals surface area (Å²) in [5.74, 6) is -1.55. The van der Waals surface area contributed by atoms with E-state index in [1.807, 2.05) is 13.8 Å². The molecule has 0 spiro atoms. The Bertz CT molecular complexity index is 652. The smallest absolute Gasteiger partial charge is 0.408 e. The predicted octanol–water partition coefficient (Wildman–Crippen LogP) is 2.33. The lowest BCUT2D eigenvalue weighted by Crippen LogP contribution is -2.30. The number of rotatable bonds is 4. The lowest BCUT2D eigenvalue weighted by Gasteiger charge is -2.23. The molecule has 1 saturated heterocycles. The molecule has 24 heavy (non-hydrogen) atoms. The van der Waals surface area contributed by atoms with Gasteiger partial charge >= 0.3 is 12.1 Å². The second-order valence-electron chi connectivity index (χ2n) is 6.91. The van der Waals surface area contributed by atoms with E-state index in [1.54, 1.807) is 0 Å². The number of aryl methyl sites for hydroxylation is 1. The molecule has 134 valence electrons. The largest absolute Gasteiger partial charge is 0.481 e. The first-order valence-electron chi connectivity index (χ1n) is 7.51. The van der Waals surface area contributed by atoms with Crippen LogP contribution < -0.4 is 0 Å². The van der Waals surface area contributed by atoms with Crippen LogP contribution in [-0.2, 0) is 11.3 Å². The molecule has 0 aromatic carbocycles. The average molecular weight is 347 g/mol. The van der Waals surface area contributed by atoms with Gasteiger partial charge in [0, 0.05) is 19.3 Å². The Hall–Kier alpha value is -2.06. The number of nitrogens with zero attached hydrogens (tertiary/aromatic N) is 3. The van der Waals surface area contributed by atoms with Gasteiger partial charge in [-0.3, -0.25) is 14.3 Å². The number of halogens is 3. The molecule has 2 rings (SSSR count). The van der Waals surface area contributed by atoms with E-state index in [-0.39, 0.29) is 35.6 Å². The summed E-state index contributed by atoms with van der Waals surface area (Å²) in [6, 6.07) is 0. The summed E-state index contributed by atoms with van der Waals surface area (Å²) in [5, 5.41) is 12.7. The van der Waals surface area contributed by atoms with E-state index in [0.29, 0.717) is 11.2 Å². The van der Waals surface area contributed by atoms with Gasteiger partial charge < -0.3 is 10.0 Å². The topological polar surface area (TPSA) is 75.4 Å². The normalized spacial score (nSPS) is 20.4. The highest BCUT2D eigenvalue weighted by Crippen LogP contribution is 2.38. The Morgan fingerprint density at radius 1 is 1.42 bits per heavy atom. The Labute approximate surface area is 137 Å². The molecule has 1 aliphatic heterocycles. The van der Waals surface area contributed by atoms with Crippen molar-refractivity contribution in [3.63, 3.8) is 0 Å². The van der Waals surface area contributed by atoms with Crippen LogP contribution in [-0.4, -0.2) is 50.9 Å². The quantitative estimate of drug-likeness (QED) is 0.907. The molecule has 2 heterocycles. The van der Waals surface area contributed by atoms with Gasteiger partial charge in [0.2, 0.25) is 0 Å². The summed E-state index contributed by atoms with van der Waals surface area (Å²) in [7, 11) is 0. The molecule has 1 atom stereocenters. The van der Waals surface area contributed by atoms with Crippen molar-refractivity contribution in [2.24, 2.45) is 11.3 Å². The van der Waals surface area contributed by atoms with Crippen LogP contribution in [0.15, 0.2) is 6.20 Å². The first-order chi connectivity index (χ1) is 10.9. The molecule has 1 fully saturated rings. The van der Waals surface area contributed by atoms with Crippen LogP contribution in [0.4, 0.5) is 13.2 Å². The van der Waals surface area contributed by atoms with Gasteiger partial charge in [-0.05, 0) is 18.3 Å². The minimum Gasteiger partial charge on any atom is -0.481 e. The van der Waals surface area contributed by atoms with Crippen molar-refractivity contribution in [3.8, 4) is 0 Å². The highest BCUT2D eigenvalue weighted by molar-refractivity contribution is 5.95. The fourth-order valence-electron chi connectivity index (χ4n) is 3.07. The summed E-state index contributed by atoms with van der Waals surface area (Å²) < 4.78 is 38.0. The van der Waals surface area contributed by atoms with Gasteiger partial charge in [-0.1, -0.05) is 13.8 Å². The molecule has 6 nitrogen and oxygen atoms in total. The summed E-state index contributed by atoms with van der Waals surface area (Å²) in [6.07, 6.45) is -3.37. The van der Waals surface area contributed by atoms with Crippen molar-refractivity contribution in [2.75, 3.05) is 13.1 Å². The van der Waals surface area contributed by atoms with Crippen LogP contribution in [0.2, 0.25) is 0 Å². The third kappa shape index (κ3) is 4.07. The average Bonchev–Trinajstić information content (AvgIpc) is 2.87. The third-order valence-corrected chi connectivity index (χ3v) is 4.37. The van der Waals surface area contributed by atoms with E-state index in [4.69, 9.17) is 5.11 Å². The van der Waals surface area contributed by atoms with E-state index >= 15 is 0 Å². The van der Waals surface area contributed by atoms with Gasteiger partial charge in [0.1, 0.15) is 6.54 Å². The highest BCUT2D eigenvalue weighted by atomic mass is 19.4. The van der Waals surface area contributed by atoms with E-state index in [9.17, 15) is 22.8 Å². The molecule has 0 aliphatic carbocycles. The van der Waals surface area contributed by atoms with Crippen molar-refractivity contribution >= 4 is 11.9 Å². The first-order valence-corrected chi connectivity index (χ1v) is 7.51. The number of hydrogen-bond donors (Lipinski definition) is 1. The molecular weight excluding hydrogens is 327 g/mol. The van der Waals surface area contributed by atoms with Gasteiger partial charge in [-0.15, -0.1) is 0 Å². The van der Waals surface area contributed by atoms with Crippen molar-refractivity contribution in [1.82, 2.24) is 14.7 Å². The lowest BCUT2D eigenvalue weighted by molar-refractivity contribution is -0.142. The Morgan fingerprint density at radius 2 is 2.04 bits per heavy atom. The Kier molecular flexibility index (Phi) is 4.65. The zero-order chi connectivity index (χ0) is 18.3. The first kappa shape index (κ1) is 18.3. The molecular formula is C15H20F3N3O3. The van der Waals surface area contributed by atoms with Crippen LogP contribution in [0.1, 0.15) is 36.3 Å².